The molecule has 0 fully saturated rings. The Balaban J connectivity index is 2.44. The van der Waals surface area contributed by atoms with Gasteiger partial charge in [0.25, 0.3) is 0 Å². The van der Waals surface area contributed by atoms with Crippen LogP contribution < -0.4 is 4.90 Å². The van der Waals surface area contributed by atoms with E-state index < -0.39 is 0 Å². The van der Waals surface area contributed by atoms with E-state index in [1.165, 1.54) is 38.4 Å². The fourth-order valence-electron chi connectivity index (χ4n) is 2.01. The molecule has 18 heavy (non-hydrogen) atoms. The van der Waals surface area contributed by atoms with Crippen molar-refractivity contribution in [3.8, 4) is 0 Å². The van der Waals surface area contributed by atoms with Gasteiger partial charge in [0.15, 0.2) is 0 Å². The zero-order valence-corrected chi connectivity index (χ0v) is 12.3. The summed E-state index contributed by atoms with van der Waals surface area (Å²) in [6.45, 7) is 6.52. The Morgan fingerprint density at radius 2 is 1.78 bits per heavy atom. The molecule has 1 rings (SSSR count). The zero-order valence-electron chi connectivity index (χ0n) is 11.5. The third-order valence-electron chi connectivity index (χ3n) is 2.97. The van der Waals surface area contributed by atoms with Crippen LogP contribution in [0.15, 0.2) is 12.4 Å². The normalized spacial score (nSPS) is 10.6. The predicted octanol–water partition coefficient (Wildman–Crippen LogP) is 4.32. The second kappa shape index (κ2) is 9.15. The maximum atomic E-state index is 5.91. The van der Waals surface area contributed by atoms with Crippen molar-refractivity contribution < 1.29 is 0 Å². The summed E-state index contributed by atoms with van der Waals surface area (Å²) in [5.74, 6) is 0.951. The van der Waals surface area contributed by atoms with Crippen molar-refractivity contribution in [2.75, 3.05) is 18.0 Å². The Labute approximate surface area is 116 Å². The SMILES string of the molecule is CCCCCCCN(CCC)c1cc(Cl)ncn1. The van der Waals surface area contributed by atoms with Gasteiger partial charge >= 0.3 is 0 Å². The molecule has 0 aliphatic heterocycles. The molecule has 3 nitrogen and oxygen atoms in total. The summed E-state index contributed by atoms with van der Waals surface area (Å²) < 4.78 is 0. The molecule has 0 atom stereocenters. The van der Waals surface area contributed by atoms with Gasteiger partial charge in [-0.1, -0.05) is 51.1 Å². The summed E-state index contributed by atoms with van der Waals surface area (Å²) in [6, 6.07) is 1.85. The number of hydrogen-bond donors (Lipinski definition) is 0. The van der Waals surface area contributed by atoms with Gasteiger partial charge in [0.1, 0.15) is 17.3 Å². The first-order chi connectivity index (χ1) is 8.77. The quantitative estimate of drug-likeness (QED) is 0.494. The molecular weight excluding hydrogens is 246 g/mol. The van der Waals surface area contributed by atoms with E-state index in [1.54, 1.807) is 0 Å². The fourth-order valence-corrected chi connectivity index (χ4v) is 2.16. The van der Waals surface area contributed by atoms with E-state index in [4.69, 9.17) is 11.6 Å². The Kier molecular flexibility index (Phi) is 7.74. The van der Waals surface area contributed by atoms with E-state index >= 15 is 0 Å². The number of hydrogen-bond acceptors (Lipinski definition) is 3. The van der Waals surface area contributed by atoms with Gasteiger partial charge in [-0.25, -0.2) is 9.97 Å². The van der Waals surface area contributed by atoms with Crippen molar-refractivity contribution in [2.45, 2.75) is 52.4 Å². The predicted molar refractivity (Wildman–Crippen MR) is 78.3 cm³/mol. The number of aromatic nitrogens is 2. The molecule has 102 valence electrons. The highest BCUT2D eigenvalue weighted by molar-refractivity contribution is 6.29. The molecule has 0 N–H and O–H groups in total. The average Bonchev–Trinajstić information content (AvgIpc) is 2.37. The summed E-state index contributed by atoms with van der Waals surface area (Å²) in [5.41, 5.74) is 0. The number of rotatable bonds is 9. The Hall–Kier alpha value is -0.830. The van der Waals surface area contributed by atoms with E-state index in [0.717, 1.165) is 25.3 Å². The highest BCUT2D eigenvalue weighted by atomic mass is 35.5. The number of nitrogens with zero attached hydrogens (tertiary/aromatic N) is 3. The van der Waals surface area contributed by atoms with E-state index in [9.17, 15) is 0 Å². The van der Waals surface area contributed by atoms with E-state index in [0.29, 0.717) is 5.15 Å². The van der Waals surface area contributed by atoms with Gasteiger partial charge in [0, 0.05) is 19.2 Å². The first kappa shape index (κ1) is 15.2. The molecule has 0 aliphatic carbocycles. The molecule has 0 saturated heterocycles. The molecule has 0 saturated carbocycles. The first-order valence-electron chi connectivity index (χ1n) is 7.00. The first-order valence-corrected chi connectivity index (χ1v) is 7.38. The number of halogens is 1. The summed E-state index contributed by atoms with van der Waals surface area (Å²) in [6.07, 6.45) is 9.15. The lowest BCUT2D eigenvalue weighted by molar-refractivity contribution is 0.613. The van der Waals surface area contributed by atoms with Crippen molar-refractivity contribution >= 4 is 17.4 Å². The van der Waals surface area contributed by atoms with Gasteiger partial charge in [-0.05, 0) is 12.8 Å². The minimum atomic E-state index is 0.520. The largest absolute Gasteiger partial charge is 0.356 e. The minimum Gasteiger partial charge on any atom is -0.356 e. The molecule has 0 aliphatic rings. The molecule has 0 unspecified atom stereocenters. The van der Waals surface area contributed by atoms with E-state index in [1.807, 2.05) is 6.07 Å². The minimum absolute atomic E-state index is 0.520. The maximum Gasteiger partial charge on any atom is 0.134 e. The van der Waals surface area contributed by atoms with Crippen LogP contribution in [-0.4, -0.2) is 23.1 Å². The molecule has 1 aromatic rings. The standard InChI is InChI=1S/C14H24ClN3/c1-3-5-6-7-8-10-18(9-4-2)14-11-13(15)16-12-17-14/h11-12H,3-10H2,1-2H3. The molecule has 0 amide bonds. The van der Waals surface area contributed by atoms with Crippen molar-refractivity contribution in [1.82, 2.24) is 9.97 Å². The lowest BCUT2D eigenvalue weighted by Crippen LogP contribution is -2.26. The molecule has 4 heteroatoms. The summed E-state index contributed by atoms with van der Waals surface area (Å²) in [7, 11) is 0. The van der Waals surface area contributed by atoms with Crippen LogP contribution in [0.1, 0.15) is 52.4 Å². The van der Waals surface area contributed by atoms with Crippen LogP contribution in [0.3, 0.4) is 0 Å². The van der Waals surface area contributed by atoms with Crippen molar-refractivity contribution in [1.29, 1.82) is 0 Å². The van der Waals surface area contributed by atoms with Crippen LogP contribution in [-0.2, 0) is 0 Å². The maximum absolute atomic E-state index is 5.91. The van der Waals surface area contributed by atoms with Gasteiger partial charge in [0.2, 0.25) is 0 Å². The second-order valence-electron chi connectivity index (χ2n) is 4.60. The van der Waals surface area contributed by atoms with Gasteiger partial charge in [-0.15, -0.1) is 0 Å². The smallest absolute Gasteiger partial charge is 0.134 e. The fraction of sp³-hybridized carbons (Fsp3) is 0.714. The van der Waals surface area contributed by atoms with Crippen LogP contribution in [0.2, 0.25) is 5.15 Å². The second-order valence-corrected chi connectivity index (χ2v) is 4.99. The highest BCUT2D eigenvalue weighted by Crippen LogP contribution is 2.15. The molecular formula is C14H24ClN3. The number of unbranched alkanes of at least 4 members (excludes halogenated alkanes) is 4. The molecule has 0 radical (unpaired) electrons. The van der Waals surface area contributed by atoms with Crippen molar-refractivity contribution in [2.24, 2.45) is 0 Å². The monoisotopic (exact) mass is 269 g/mol. The molecule has 0 spiro atoms. The summed E-state index contributed by atoms with van der Waals surface area (Å²) in [4.78, 5) is 10.5. The number of anilines is 1. The van der Waals surface area contributed by atoms with E-state index in [2.05, 4.69) is 28.7 Å². The average molecular weight is 270 g/mol. The van der Waals surface area contributed by atoms with Crippen LogP contribution >= 0.6 is 11.6 Å². The molecule has 1 heterocycles. The third kappa shape index (κ3) is 5.67. The molecule has 0 bridgehead atoms. The van der Waals surface area contributed by atoms with Crippen LogP contribution in [0.5, 0.6) is 0 Å². The Bertz CT molecular complexity index is 331. The van der Waals surface area contributed by atoms with Gasteiger partial charge < -0.3 is 4.90 Å². The van der Waals surface area contributed by atoms with E-state index in [-0.39, 0.29) is 0 Å². The lowest BCUT2D eigenvalue weighted by atomic mass is 10.1. The summed E-state index contributed by atoms with van der Waals surface area (Å²) in [5, 5.41) is 0.520. The Morgan fingerprint density at radius 3 is 2.44 bits per heavy atom. The Morgan fingerprint density at radius 1 is 1.00 bits per heavy atom. The summed E-state index contributed by atoms with van der Waals surface area (Å²) >= 11 is 5.91. The lowest BCUT2D eigenvalue weighted by Gasteiger charge is -2.23. The van der Waals surface area contributed by atoms with Crippen LogP contribution in [0.4, 0.5) is 5.82 Å². The van der Waals surface area contributed by atoms with Crippen LogP contribution in [0, 0.1) is 0 Å². The van der Waals surface area contributed by atoms with Gasteiger partial charge in [-0.3, -0.25) is 0 Å². The molecule has 1 aromatic heterocycles. The highest BCUT2D eigenvalue weighted by Gasteiger charge is 2.07. The molecule has 0 aromatic carbocycles. The third-order valence-corrected chi connectivity index (χ3v) is 3.18. The van der Waals surface area contributed by atoms with Crippen molar-refractivity contribution in [3.63, 3.8) is 0 Å². The van der Waals surface area contributed by atoms with Gasteiger partial charge in [-0.2, -0.15) is 0 Å². The van der Waals surface area contributed by atoms with Gasteiger partial charge in [0.05, 0.1) is 0 Å². The van der Waals surface area contributed by atoms with Crippen molar-refractivity contribution in [3.05, 3.63) is 17.5 Å². The topological polar surface area (TPSA) is 29.0 Å². The van der Waals surface area contributed by atoms with Crippen LogP contribution in [0.25, 0.3) is 0 Å². The zero-order chi connectivity index (χ0) is 13.2.